The zero-order valence-electron chi connectivity index (χ0n) is 9.54. The summed E-state index contributed by atoms with van der Waals surface area (Å²) in [5, 5.41) is 13.1. The summed E-state index contributed by atoms with van der Waals surface area (Å²) < 4.78 is 13.1. The maximum atomic E-state index is 13.1. The molecule has 0 heterocycles. The van der Waals surface area contributed by atoms with E-state index in [1.807, 2.05) is 6.92 Å². The number of benzene rings is 1. The van der Waals surface area contributed by atoms with Gasteiger partial charge in [0.2, 0.25) is 0 Å². The average Bonchev–Trinajstić information content (AvgIpc) is 2.27. The SMILES string of the molecule is Cc1ccc(F)cc1N[C@H]1CCCC[C@@H]1O. The minimum Gasteiger partial charge on any atom is -0.391 e. The maximum Gasteiger partial charge on any atom is 0.125 e. The zero-order valence-corrected chi connectivity index (χ0v) is 9.54. The lowest BCUT2D eigenvalue weighted by Gasteiger charge is -2.29. The lowest BCUT2D eigenvalue weighted by molar-refractivity contribution is 0.116. The van der Waals surface area contributed by atoms with Gasteiger partial charge in [-0.05, 0) is 37.5 Å². The number of anilines is 1. The molecule has 2 atom stereocenters. The molecule has 0 amide bonds. The van der Waals surface area contributed by atoms with Gasteiger partial charge in [-0.2, -0.15) is 0 Å². The molecule has 0 radical (unpaired) electrons. The third-order valence-electron chi connectivity index (χ3n) is 3.27. The number of aliphatic hydroxyl groups is 1. The summed E-state index contributed by atoms with van der Waals surface area (Å²) in [7, 11) is 0. The first kappa shape index (κ1) is 11.4. The fraction of sp³-hybridized carbons (Fsp3) is 0.538. The van der Waals surface area contributed by atoms with Crippen LogP contribution in [0.15, 0.2) is 18.2 Å². The molecule has 88 valence electrons. The standard InChI is InChI=1S/C13H18FNO/c1-9-6-7-10(14)8-12(9)15-11-4-2-3-5-13(11)16/h6-8,11,13,15-16H,2-5H2,1H3/t11-,13-/m0/s1. The number of hydrogen-bond acceptors (Lipinski definition) is 2. The zero-order chi connectivity index (χ0) is 11.5. The highest BCUT2D eigenvalue weighted by Gasteiger charge is 2.23. The number of nitrogens with one attached hydrogen (secondary N) is 1. The molecule has 0 bridgehead atoms. The van der Waals surface area contributed by atoms with Crippen molar-refractivity contribution in [2.24, 2.45) is 0 Å². The normalized spacial score (nSPS) is 25.4. The Hall–Kier alpha value is -1.09. The Kier molecular flexibility index (Phi) is 3.44. The molecule has 16 heavy (non-hydrogen) atoms. The number of aryl methyl sites for hydroxylation is 1. The highest BCUT2D eigenvalue weighted by Crippen LogP contribution is 2.24. The van der Waals surface area contributed by atoms with Crippen LogP contribution >= 0.6 is 0 Å². The Labute approximate surface area is 95.5 Å². The summed E-state index contributed by atoms with van der Waals surface area (Å²) in [6, 6.07) is 4.77. The highest BCUT2D eigenvalue weighted by molar-refractivity contribution is 5.51. The van der Waals surface area contributed by atoms with Gasteiger partial charge in [0.25, 0.3) is 0 Å². The summed E-state index contributed by atoms with van der Waals surface area (Å²) in [6.07, 6.45) is 3.70. The summed E-state index contributed by atoms with van der Waals surface area (Å²) >= 11 is 0. The first-order valence-corrected chi connectivity index (χ1v) is 5.87. The van der Waals surface area contributed by atoms with Crippen molar-refractivity contribution in [2.45, 2.75) is 44.8 Å². The van der Waals surface area contributed by atoms with Gasteiger partial charge in [0.1, 0.15) is 5.82 Å². The molecule has 1 saturated carbocycles. The van der Waals surface area contributed by atoms with E-state index in [1.165, 1.54) is 12.1 Å². The summed E-state index contributed by atoms with van der Waals surface area (Å²) in [6.45, 7) is 1.94. The van der Waals surface area contributed by atoms with Gasteiger partial charge in [-0.3, -0.25) is 0 Å². The van der Waals surface area contributed by atoms with Gasteiger partial charge >= 0.3 is 0 Å². The van der Waals surface area contributed by atoms with Crippen LogP contribution < -0.4 is 5.32 Å². The van der Waals surface area contributed by atoms with Crippen LogP contribution in [-0.2, 0) is 0 Å². The van der Waals surface area contributed by atoms with Crippen molar-refractivity contribution in [1.82, 2.24) is 0 Å². The fourth-order valence-electron chi connectivity index (χ4n) is 2.23. The van der Waals surface area contributed by atoms with E-state index in [-0.39, 0.29) is 18.0 Å². The van der Waals surface area contributed by atoms with Gasteiger partial charge in [0.05, 0.1) is 12.1 Å². The Morgan fingerprint density at radius 2 is 2.06 bits per heavy atom. The lowest BCUT2D eigenvalue weighted by atomic mass is 9.92. The minimum absolute atomic E-state index is 0.0641. The van der Waals surface area contributed by atoms with E-state index in [0.29, 0.717) is 0 Å². The van der Waals surface area contributed by atoms with Gasteiger partial charge in [0, 0.05) is 5.69 Å². The molecule has 2 N–H and O–H groups in total. The predicted molar refractivity (Wildman–Crippen MR) is 63.0 cm³/mol. The molecule has 1 aromatic rings. The van der Waals surface area contributed by atoms with E-state index in [9.17, 15) is 9.50 Å². The van der Waals surface area contributed by atoms with Crippen LogP contribution in [0.25, 0.3) is 0 Å². The van der Waals surface area contributed by atoms with Crippen molar-refractivity contribution in [3.63, 3.8) is 0 Å². The van der Waals surface area contributed by atoms with Crippen molar-refractivity contribution in [2.75, 3.05) is 5.32 Å². The highest BCUT2D eigenvalue weighted by atomic mass is 19.1. The van der Waals surface area contributed by atoms with Gasteiger partial charge in [-0.1, -0.05) is 18.9 Å². The first-order chi connectivity index (χ1) is 7.66. The number of rotatable bonds is 2. The van der Waals surface area contributed by atoms with E-state index in [0.717, 1.165) is 36.9 Å². The number of hydrogen-bond donors (Lipinski definition) is 2. The van der Waals surface area contributed by atoms with Gasteiger partial charge in [-0.15, -0.1) is 0 Å². The third-order valence-corrected chi connectivity index (χ3v) is 3.27. The van der Waals surface area contributed by atoms with Crippen molar-refractivity contribution in [1.29, 1.82) is 0 Å². The molecule has 3 heteroatoms. The van der Waals surface area contributed by atoms with Crippen molar-refractivity contribution in [3.05, 3.63) is 29.6 Å². The molecule has 1 fully saturated rings. The van der Waals surface area contributed by atoms with Crippen LogP contribution in [0, 0.1) is 12.7 Å². The molecule has 0 saturated heterocycles. The van der Waals surface area contributed by atoms with Gasteiger partial charge < -0.3 is 10.4 Å². The molecule has 2 nitrogen and oxygen atoms in total. The number of aliphatic hydroxyl groups excluding tert-OH is 1. The van der Waals surface area contributed by atoms with Crippen molar-refractivity contribution < 1.29 is 9.50 Å². The maximum absolute atomic E-state index is 13.1. The van der Waals surface area contributed by atoms with Crippen LogP contribution in [-0.4, -0.2) is 17.3 Å². The molecule has 1 aromatic carbocycles. The Balaban J connectivity index is 2.10. The molecule has 0 spiro atoms. The van der Waals surface area contributed by atoms with E-state index in [1.54, 1.807) is 6.07 Å². The topological polar surface area (TPSA) is 32.3 Å². The molecule has 1 aliphatic carbocycles. The molecule has 1 aliphatic rings. The fourth-order valence-corrected chi connectivity index (χ4v) is 2.23. The Morgan fingerprint density at radius 3 is 2.81 bits per heavy atom. The van der Waals surface area contributed by atoms with Crippen molar-refractivity contribution in [3.8, 4) is 0 Å². The van der Waals surface area contributed by atoms with E-state index in [2.05, 4.69) is 5.32 Å². The first-order valence-electron chi connectivity index (χ1n) is 5.87. The largest absolute Gasteiger partial charge is 0.391 e. The molecule has 0 unspecified atom stereocenters. The monoisotopic (exact) mass is 223 g/mol. The van der Waals surface area contributed by atoms with Crippen LogP contribution in [0.5, 0.6) is 0 Å². The average molecular weight is 223 g/mol. The second-order valence-electron chi connectivity index (χ2n) is 4.56. The lowest BCUT2D eigenvalue weighted by Crippen LogP contribution is -2.36. The summed E-state index contributed by atoms with van der Waals surface area (Å²) in [4.78, 5) is 0. The van der Waals surface area contributed by atoms with Crippen LogP contribution in [0.2, 0.25) is 0 Å². The molecular weight excluding hydrogens is 205 g/mol. The summed E-state index contributed by atoms with van der Waals surface area (Å²) in [5.41, 5.74) is 1.81. The third kappa shape index (κ3) is 2.53. The second kappa shape index (κ2) is 4.83. The Bertz CT molecular complexity index is 367. The van der Waals surface area contributed by atoms with Crippen molar-refractivity contribution >= 4 is 5.69 Å². The molecule has 0 aromatic heterocycles. The van der Waals surface area contributed by atoms with Crippen LogP contribution in [0.3, 0.4) is 0 Å². The quantitative estimate of drug-likeness (QED) is 0.808. The van der Waals surface area contributed by atoms with Gasteiger partial charge in [0.15, 0.2) is 0 Å². The second-order valence-corrected chi connectivity index (χ2v) is 4.56. The smallest absolute Gasteiger partial charge is 0.125 e. The van der Waals surface area contributed by atoms with E-state index in [4.69, 9.17) is 0 Å². The number of halogens is 1. The van der Waals surface area contributed by atoms with Crippen LogP contribution in [0.4, 0.5) is 10.1 Å². The van der Waals surface area contributed by atoms with E-state index >= 15 is 0 Å². The predicted octanol–water partition coefficient (Wildman–Crippen LogP) is 2.85. The molecular formula is C13H18FNO. The molecule has 2 rings (SSSR count). The van der Waals surface area contributed by atoms with E-state index < -0.39 is 0 Å². The van der Waals surface area contributed by atoms with Gasteiger partial charge in [-0.25, -0.2) is 4.39 Å². The van der Waals surface area contributed by atoms with Crippen LogP contribution in [0.1, 0.15) is 31.2 Å². The Morgan fingerprint density at radius 1 is 1.31 bits per heavy atom. The molecule has 0 aliphatic heterocycles. The minimum atomic E-state index is -0.309. The summed E-state index contributed by atoms with van der Waals surface area (Å²) in [5.74, 6) is -0.238.